The van der Waals surface area contributed by atoms with E-state index in [0.29, 0.717) is 12.8 Å². The number of likely N-dealkylation sites (tertiary alicyclic amines) is 1. The second-order valence-electron chi connectivity index (χ2n) is 12.5. The van der Waals surface area contributed by atoms with E-state index >= 15 is 0 Å². The Balaban J connectivity index is 3.00. The van der Waals surface area contributed by atoms with Gasteiger partial charge in [0.25, 0.3) is 0 Å². The standard InChI is InChI=1S/C30H52N10O13/c1-13(35-26(49)18(12-41)37-24(47)16(31)6-4-10-34-30(32)33)23(46)38-21(14(2)42)27(50)36-17(8-9-20(44)45)25(48)39-22(15(3)43)28(51)40-11-5-7-19(40)29(52)53/h13-19,21-22,41-43H,4-12,31H2,1-3H3,(H,35,49)(H,36,50)(H,37,47)(H,38,46)(H,39,48)(H,44,45)(H,52,53)(H4,32,33,34)/t13-,14+,15+,16-,17-,18-,19-,21-,22-/m0/s1. The number of guanidine groups is 1. The first kappa shape index (κ1) is 45.9. The van der Waals surface area contributed by atoms with Crippen LogP contribution in [-0.2, 0) is 38.4 Å². The molecule has 23 heteroatoms. The van der Waals surface area contributed by atoms with Crippen molar-refractivity contribution in [1.29, 1.82) is 0 Å². The quantitative estimate of drug-likeness (QED) is 0.0277. The number of carboxylic acid groups (broad SMARTS) is 2. The van der Waals surface area contributed by atoms with Gasteiger partial charge in [-0.25, -0.2) is 4.79 Å². The molecule has 23 nitrogen and oxygen atoms in total. The minimum atomic E-state index is -1.79. The van der Waals surface area contributed by atoms with Crippen LogP contribution in [-0.4, -0.2) is 158 Å². The second-order valence-corrected chi connectivity index (χ2v) is 12.5. The average Bonchev–Trinajstić information content (AvgIpc) is 3.58. The third kappa shape index (κ3) is 15.2. The third-order valence-electron chi connectivity index (χ3n) is 8.08. The van der Waals surface area contributed by atoms with Gasteiger partial charge in [0.05, 0.1) is 24.9 Å². The molecule has 53 heavy (non-hydrogen) atoms. The molecule has 1 heterocycles. The van der Waals surface area contributed by atoms with Crippen molar-refractivity contribution >= 4 is 53.3 Å². The van der Waals surface area contributed by atoms with Gasteiger partial charge in [0, 0.05) is 19.5 Å². The molecule has 0 spiro atoms. The molecule has 1 saturated heterocycles. The van der Waals surface area contributed by atoms with Crippen molar-refractivity contribution in [1.82, 2.24) is 31.5 Å². The maximum atomic E-state index is 13.3. The molecule has 0 aromatic heterocycles. The number of hydrogen-bond acceptors (Lipinski definition) is 13. The van der Waals surface area contributed by atoms with E-state index in [1.54, 1.807) is 0 Å². The summed E-state index contributed by atoms with van der Waals surface area (Å²) in [4.78, 5) is 106. The van der Waals surface area contributed by atoms with Crippen molar-refractivity contribution in [3.05, 3.63) is 0 Å². The van der Waals surface area contributed by atoms with Crippen LogP contribution in [0.25, 0.3) is 0 Å². The molecule has 1 aliphatic rings. The Kier molecular flexibility index (Phi) is 19.1. The topological polar surface area (TPSA) is 392 Å². The molecule has 0 aromatic carbocycles. The van der Waals surface area contributed by atoms with Crippen LogP contribution in [0.15, 0.2) is 4.99 Å². The monoisotopic (exact) mass is 760 g/mol. The van der Waals surface area contributed by atoms with Gasteiger partial charge in [0.15, 0.2) is 5.96 Å². The van der Waals surface area contributed by atoms with Gasteiger partial charge in [0.1, 0.15) is 36.3 Å². The highest BCUT2D eigenvalue weighted by Crippen LogP contribution is 2.19. The summed E-state index contributed by atoms with van der Waals surface area (Å²) in [6, 6.07) is -10.4. The number of amides is 6. The lowest BCUT2D eigenvalue weighted by Gasteiger charge is -2.30. The molecule has 0 saturated carbocycles. The summed E-state index contributed by atoms with van der Waals surface area (Å²) in [5.41, 5.74) is 16.3. The third-order valence-corrected chi connectivity index (χ3v) is 8.08. The summed E-state index contributed by atoms with van der Waals surface area (Å²) >= 11 is 0. The zero-order valence-electron chi connectivity index (χ0n) is 29.7. The fourth-order valence-corrected chi connectivity index (χ4v) is 5.09. The number of aliphatic hydroxyl groups is 3. The molecule has 0 unspecified atom stereocenters. The van der Waals surface area contributed by atoms with Crippen LogP contribution in [0.2, 0.25) is 0 Å². The summed E-state index contributed by atoms with van der Waals surface area (Å²) in [6.45, 7) is 2.79. The highest BCUT2D eigenvalue weighted by molar-refractivity contribution is 5.97. The van der Waals surface area contributed by atoms with Gasteiger partial charge < -0.3 is 74.2 Å². The SMILES string of the molecule is C[C@H](NC(=O)[C@H](CO)NC(=O)[C@@H](N)CCCN=C(N)N)C(=O)N[C@H](C(=O)N[C@@H](CCC(=O)O)C(=O)N[C@H](C(=O)N1CCC[C@H]1C(=O)O)[C@@H](C)O)[C@@H](C)O. The summed E-state index contributed by atoms with van der Waals surface area (Å²) in [6.07, 6.45) is -3.42. The van der Waals surface area contributed by atoms with Crippen LogP contribution < -0.4 is 43.8 Å². The molecule has 1 rings (SSSR count). The fraction of sp³-hybridized carbons (Fsp3) is 0.700. The Bertz CT molecular complexity index is 1360. The summed E-state index contributed by atoms with van der Waals surface area (Å²) in [7, 11) is 0. The van der Waals surface area contributed by atoms with Crippen molar-refractivity contribution in [3.8, 4) is 0 Å². The largest absolute Gasteiger partial charge is 0.481 e. The molecule has 0 aliphatic carbocycles. The smallest absolute Gasteiger partial charge is 0.326 e. The number of carbonyl (C=O) groups excluding carboxylic acids is 6. The van der Waals surface area contributed by atoms with E-state index < -0.39 is 121 Å². The summed E-state index contributed by atoms with van der Waals surface area (Å²) in [5.74, 6) is -8.87. The lowest BCUT2D eigenvalue weighted by atomic mass is 10.1. The van der Waals surface area contributed by atoms with Gasteiger partial charge in [-0.15, -0.1) is 0 Å². The van der Waals surface area contributed by atoms with Crippen LogP contribution in [0.5, 0.6) is 0 Å². The number of nitrogens with zero attached hydrogens (tertiary/aromatic N) is 2. The number of nitrogens with two attached hydrogens (primary N) is 3. The van der Waals surface area contributed by atoms with Crippen LogP contribution in [0.3, 0.4) is 0 Å². The molecule has 0 aromatic rings. The van der Waals surface area contributed by atoms with Crippen molar-refractivity contribution in [2.45, 2.75) is 114 Å². The molecule has 300 valence electrons. The van der Waals surface area contributed by atoms with E-state index in [-0.39, 0.29) is 31.9 Å². The minimum Gasteiger partial charge on any atom is -0.481 e. The normalized spacial score (nSPS) is 18.4. The molecule has 6 amide bonds. The van der Waals surface area contributed by atoms with Gasteiger partial charge in [-0.05, 0) is 52.9 Å². The Morgan fingerprint density at radius 3 is 1.87 bits per heavy atom. The van der Waals surface area contributed by atoms with E-state index in [0.717, 1.165) is 18.7 Å². The molecular weight excluding hydrogens is 708 g/mol. The number of carboxylic acids is 2. The molecule has 16 N–H and O–H groups in total. The predicted octanol–water partition coefficient (Wildman–Crippen LogP) is -6.49. The highest BCUT2D eigenvalue weighted by Gasteiger charge is 2.40. The van der Waals surface area contributed by atoms with Crippen molar-refractivity contribution in [3.63, 3.8) is 0 Å². The van der Waals surface area contributed by atoms with Crippen LogP contribution >= 0.6 is 0 Å². The lowest BCUT2D eigenvalue weighted by Crippen LogP contribution is -2.62. The van der Waals surface area contributed by atoms with Gasteiger partial charge >= 0.3 is 11.9 Å². The fourth-order valence-electron chi connectivity index (χ4n) is 5.09. The number of hydrogen-bond donors (Lipinski definition) is 13. The number of aliphatic carboxylic acids is 2. The Morgan fingerprint density at radius 1 is 0.774 bits per heavy atom. The molecular formula is C30H52N10O13. The second kappa shape index (κ2) is 22.1. The molecule has 1 aliphatic heterocycles. The van der Waals surface area contributed by atoms with E-state index in [1.807, 2.05) is 0 Å². The lowest BCUT2D eigenvalue weighted by molar-refractivity contribution is -0.150. The predicted molar refractivity (Wildman–Crippen MR) is 183 cm³/mol. The van der Waals surface area contributed by atoms with Crippen LogP contribution in [0, 0.1) is 0 Å². The maximum Gasteiger partial charge on any atom is 0.326 e. The van der Waals surface area contributed by atoms with Crippen molar-refractivity contribution in [2.24, 2.45) is 22.2 Å². The Labute approximate surface area is 304 Å². The first-order valence-corrected chi connectivity index (χ1v) is 16.8. The van der Waals surface area contributed by atoms with Crippen molar-refractivity contribution < 1.29 is 63.9 Å². The van der Waals surface area contributed by atoms with E-state index in [2.05, 4.69) is 31.6 Å². The first-order chi connectivity index (χ1) is 24.7. The zero-order chi connectivity index (χ0) is 40.6. The van der Waals surface area contributed by atoms with Gasteiger partial charge in [0.2, 0.25) is 35.4 Å². The number of aliphatic hydroxyl groups excluding tert-OH is 3. The molecule has 1 fully saturated rings. The minimum absolute atomic E-state index is 0.0367. The van der Waals surface area contributed by atoms with E-state index in [1.165, 1.54) is 6.92 Å². The first-order valence-electron chi connectivity index (χ1n) is 16.8. The van der Waals surface area contributed by atoms with E-state index in [4.69, 9.17) is 17.2 Å². The van der Waals surface area contributed by atoms with Crippen LogP contribution in [0.1, 0.15) is 59.3 Å². The molecule has 0 bridgehead atoms. The average molecular weight is 761 g/mol. The number of aliphatic imine (C=N–C) groups is 1. The van der Waals surface area contributed by atoms with Gasteiger partial charge in [-0.1, -0.05) is 0 Å². The summed E-state index contributed by atoms with van der Waals surface area (Å²) in [5, 5.41) is 60.1. The Hall–Kier alpha value is -5.13. The van der Waals surface area contributed by atoms with Crippen molar-refractivity contribution in [2.75, 3.05) is 19.7 Å². The number of rotatable bonds is 22. The van der Waals surface area contributed by atoms with Gasteiger partial charge in [-0.3, -0.25) is 38.6 Å². The van der Waals surface area contributed by atoms with Crippen LogP contribution in [0.4, 0.5) is 0 Å². The molecule has 9 atom stereocenters. The number of carbonyl (C=O) groups is 8. The van der Waals surface area contributed by atoms with E-state index in [9.17, 15) is 63.9 Å². The Morgan fingerprint density at radius 2 is 1.34 bits per heavy atom. The zero-order valence-corrected chi connectivity index (χ0v) is 29.7. The molecule has 0 radical (unpaired) electrons. The summed E-state index contributed by atoms with van der Waals surface area (Å²) < 4.78 is 0. The van der Waals surface area contributed by atoms with Gasteiger partial charge in [-0.2, -0.15) is 0 Å². The number of nitrogens with one attached hydrogen (secondary N) is 5. The highest BCUT2D eigenvalue weighted by atomic mass is 16.4. The maximum absolute atomic E-state index is 13.3.